The summed E-state index contributed by atoms with van der Waals surface area (Å²) in [6, 6.07) is 4.73. The Balaban J connectivity index is 2.13. The summed E-state index contributed by atoms with van der Waals surface area (Å²) in [7, 11) is 0. The molecule has 0 unspecified atom stereocenters. The normalized spacial score (nSPS) is 10.5. The lowest BCUT2D eigenvalue weighted by molar-refractivity contribution is 0.0518. The molecule has 0 aliphatic heterocycles. The second-order valence-electron chi connectivity index (χ2n) is 3.90. The van der Waals surface area contributed by atoms with Crippen molar-refractivity contribution >= 4 is 5.97 Å². The molecule has 0 saturated carbocycles. The number of hydrogen-bond acceptors (Lipinski definition) is 3. The topological polar surface area (TPSA) is 44.1 Å². The average molecular weight is 266 g/mol. The molecule has 0 radical (unpaired) electrons. The molecule has 0 atom stereocenters. The predicted octanol–water partition coefficient (Wildman–Crippen LogP) is 2.39. The summed E-state index contributed by atoms with van der Waals surface area (Å²) < 4.78 is 32.3. The van der Waals surface area contributed by atoms with Gasteiger partial charge < -0.3 is 4.74 Å². The van der Waals surface area contributed by atoms with Crippen LogP contribution in [-0.2, 0) is 11.3 Å². The molecule has 0 N–H and O–H groups in total. The quantitative estimate of drug-likeness (QED) is 0.798. The van der Waals surface area contributed by atoms with Gasteiger partial charge in [0.05, 0.1) is 13.2 Å². The first-order valence-corrected chi connectivity index (χ1v) is 5.74. The summed E-state index contributed by atoms with van der Waals surface area (Å²) in [6.07, 6.45) is 1.55. The van der Waals surface area contributed by atoms with Crippen molar-refractivity contribution in [1.29, 1.82) is 0 Å². The highest BCUT2D eigenvalue weighted by Crippen LogP contribution is 2.10. The van der Waals surface area contributed by atoms with Gasteiger partial charge in [0, 0.05) is 12.3 Å². The van der Waals surface area contributed by atoms with Gasteiger partial charge in [-0.3, -0.25) is 4.68 Å². The van der Waals surface area contributed by atoms with Crippen LogP contribution in [0.3, 0.4) is 0 Å². The fourth-order valence-corrected chi connectivity index (χ4v) is 1.65. The van der Waals surface area contributed by atoms with Crippen molar-refractivity contribution in [3.05, 3.63) is 53.4 Å². The van der Waals surface area contributed by atoms with Crippen LogP contribution in [0.15, 0.2) is 30.5 Å². The second-order valence-corrected chi connectivity index (χ2v) is 3.90. The highest BCUT2D eigenvalue weighted by atomic mass is 19.1. The minimum absolute atomic E-state index is 0.165. The van der Waals surface area contributed by atoms with E-state index in [0.29, 0.717) is 5.56 Å². The lowest BCUT2D eigenvalue weighted by Gasteiger charge is -2.03. The van der Waals surface area contributed by atoms with Crippen molar-refractivity contribution in [3.63, 3.8) is 0 Å². The van der Waals surface area contributed by atoms with Crippen LogP contribution in [0, 0.1) is 11.6 Å². The van der Waals surface area contributed by atoms with E-state index < -0.39 is 17.6 Å². The predicted molar refractivity (Wildman–Crippen MR) is 63.6 cm³/mol. The minimum Gasteiger partial charge on any atom is -0.461 e. The maximum Gasteiger partial charge on any atom is 0.358 e. The molecule has 0 bridgehead atoms. The summed E-state index contributed by atoms with van der Waals surface area (Å²) in [5.41, 5.74) is 0.592. The highest BCUT2D eigenvalue weighted by Gasteiger charge is 2.10. The van der Waals surface area contributed by atoms with E-state index in [0.717, 1.165) is 6.07 Å². The van der Waals surface area contributed by atoms with Gasteiger partial charge in [-0.1, -0.05) is 0 Å². The Hall–Kier alpha value is -2.24. The van der Waals surface area contributed by atoms with E-state index >= 15 is 0 Å². The van der Waals surface area contributed by atoms with Crippen molar-refractivity contribution in [2.75, 3.05) is 6.61 Å². The molecule has 0 aliphatic rings. The van der Waals surface area contributed by atoms with Crippen LogP contribution in [0.25, 0.3) is 0 Å². The maximum absolute atomic E-state index is 13.0. The Morgan fingerprint density at radius 1 is 1.32 bits per heavy atom. The van der Waals surface area contributed by atoms with E-state index in [9.17, 15) is 13.6 Å². The van der Waals surface area contributed by atoms with Crippen molar-refractivity contribution in [2.45, 2.75) is 13.5 Å². The minimum atomic E-state index is -0.646. The molecule has 1 aromatic heterocycles. The average Bonchev–Trinajstić information content (AvgIpc) is 2.76. The number of carbonyl (C=O) groups is 1. The van der Waals surface area contributed by atoms with E-state index in [1.807, 2.05) is 0 Å². The Kier molecular flexibility index (Phi) is 3.89. The number of benzene rings is 1. The third kappa shape index (κ3) is 3.37. The van der Waals surface area contributed by atoms with Crippen LogP contribution in [0.2, 0.25) is 0 Å². The lowest BCUT2D eigenvalue weighted by Crippen LogP contribution is -2.08. The Morgan fingerprint density at radius 2 is 2.00 bits per heavy atom. The van der Waals surface area contributed by atoms with Crippen molar-refractivity contribution in [1.82, 2.24) is 9.78 Å². The van der Waals surface area contributed by atoms with E-state index in [2.05, 4.69) is 5.10 Å². The van der Waals surface area contributed by atoms with Gasteiger partial charge in [-0.05, 0) is 30.7 Å². The molecule has 2 rings (SSSR count). The summed E-state index contributed by atoms with van der Waals surface area (Å²) in [4.78, 5) is 11.4. The van der Waals surface area contributed by atoms with Crippen molar-refractivity contribution in [3.8, 4) is 0 Å². The molecule has 2 aromatic rings. The van der Waals surface area contributed by atoms with Crippen molar-refractivity contribution < 1.29 is 18.3 Å². The van der Waals surface area contributed by atoms with Crippen LogP contribution in [0.1, 0.15) is 23.0 Å². The number of nitrogens with zero attached hydrogens (tertiary/aromatic N) is 2. The van der Waals surface area contributed by atoms with Crippen LogP contribution < -0.4 is 0 Å². The van der Waals surface area contributed by atoms with Crippen LogP contribution in [-0.4, -0.2) is 22.4 Å². The molecule has 1 aromatic carbocycles. The molecule has 4 nitrogen and oxygen atoms in total. The zero-order valence-electron chi connectivity index (χ0n) is 10.3. The number of halogens is 2. The SMILES string of the molecule is CCOC(=O)c1ccn(Cc2cc(F)cc(F)c2)n1. The van der Waals surface area contributed by atoms with Crippen LogP contribution in [0.5, 0.6) is 0 Å². The first kappa shape index (κ1) is 13.2. The standard InChI is InChI=1S/C13H12F2N2O2/c1-2-19-13(18)12-3-4-17(16-12)8-9-5-10(14)7-11(15)6-9/h3-7H,2,8H2,1H3. The number of hydrogen-bond donors (Lipinski definition) is 0. The van der Waals surface area contributed by atoms with Crippen LogP contribution in [0.4, 0.5) is 8.78 Å². The zero-order valence-corrected chi connectivity index (χ0v) is 10.3. The van der Waals surface area contributed by atoms with Gasteiger partial charge >= 0.3 is 5.97 Å². The highest BCUT2D eigenvalue weighted by molar-refractivity contribution is 5.86. The largest absolute Gasteiger partial charge is 0.461 e. The number of aromatic nitrogens is 2. The first-order chi connectivity index (χ1) is 9.08. The molecular weight excluding hydrogens is 254 g/mol. The molecule has 0 fully saturated rings. The molecule has 0 amide bonds. The zero-order chi connectivity index (χ0) is 13.8. The second kappa shape index (κ2) is 5.60. The molecular formula is C13H12F2N2O2. The summed E-state index contributed by atoms with van der Waals surface area (Å²) >= 11 is 0. The number of esters is 1. The molecule has 1 heterocycles. The third-order valence-electron chi connectivity index (χ3n) is 2.39. The molecule has 6 heteroatoms. The van der Waals surface area contributed by atoms with Gasteiger partial charge in [0.25, 0.3) is 0 Å². The van der Waals surface area contributed by atoms with Gasteiger partial charge in [0.1, 0.15) is 11.6 Å². The number of rotatable bonds is 4. The van der Waals surface area contributed by atoms with E-state index in [1.165, 1.54) is 22.9 Å². The van der Waals surface area contributed by atoms with E-state index in [1.54, 1.807) is 13.1 Å². The Bertz CT molecular complexity index is 576. The molecule has 0 spiro atoms. The fraction of sp³-hybridized carbons (Fsp3) is 0.231. The monoisotopic (exact) mass is 266 g/mol. The van der Waals surface area contributed by atoms with Gasteiger partial charge in [-0.2, -0.15) is 5.10 Å². The Labute approximate surface area is 108 Å². The van der Waals surface area contributed by atoms with Crippen LogP contribution >= 0.6 is 0 Å². The van der Waals surface area contributed by atoms with Gasteiger partial charge in [0.2, 0.25) is 0 Å². The number of ether oxygens (including phenoxy) is 1. The fourth-order valence-electron chi connectivity index (χ4n) is 1.65. The summed E-state index contributed by atoms with van der Waals surface area (Å²) in [6.45, 7) is 2.14. The van der Waals surface area contributed by atoms with Gasteiger partial charge in [-0.25, -0.2) is 13.6 Å². The van der Waals surface area contributed by atoms with Gasteiger partial charge in [-0.15, -0.1) is 0 Å². The molecule has 0 saturated heterocycles. The lowest BCUT2D eigenvalue weighted by atomic mass is 10.2. The Morgan fingerprint density at radius 3 is 2.63 bits per heavy atom. The third-order valence-corrected chi connectivity index (χ3v) is 2.39. The molecule has 0 aliphatic carbocycles. The van der Waals surface area contributed by atoms with E-state index in [-0.39, 0.29) is 18.8 Å². The van der Waals surface area contributed by atoms with E-state index in [4.69, 9.17) is 4.74 Å². The molecule has 19 heavy (non-hydrogen) atoms. The number of carbonyl (C=O) groups excluding carboxylic acids is 1. The summed E-state index contributed by atoms with van der Waals surface area (Å²) in [5.74, 6) is -1.81. The van der Waals surface area contributed by atoms with Crippen molar-refractivity contribution in [2.24, 2.45) is 0 Å². The smallest absolute Gasteiger partial charge is 0.358 e. The van der Waals surface area contributed by atoms with Gasteiger partial charge in [0.15, 0.2) is 5.69 Å². The first-order valence-electron chi connectivity index (χ1n) is 5.74. The summed E-state index contributed by atoms with van der Waals surface area (Å²) in [5, 5.41) is 3.98. The molecule has 100 valence electrons. The maximum atomic E-state index is 13.0.